The second-order valence-electron chi connectivity index (χ2n) is 5.76. The fourth-order valence-electron chi connectivity index (χ4n) is 3.28. The molecule has 23 heavy (non-hydrogen) atoms. The molecular weight excluding hydrogens is 371 g/mol. The molecule has 2 heterocycles. The Bertz CT molecular complexity index is 834. The summed E-state index contributed by atoms with van der Waals surface area (Å²) in [5.41, 5.74) is 3.30. The van der Waals surface area contributed by atoms with E-state index in [0.29, 0.717) is 0 Å². The summed E-state index contributed by atoms with van der Waals surface area (Å²) in [7, 11) is -1.02. The molecule has 0 saturated heterocycles. The number of rotatable bonds is 2. The molecule has 4 rings (SSSR count). The maximum absolute atomic E-state index is 13.5. The average molecular weight is 387 g/mol. The van der Waals surface area contributed by atoms with Gasteiger partial charge in [-0.2, -0.15) is 0 Å². The third-order valence-corrected chi connectivity index (χ3v) is 8.56. The third kappa shape index (κ3) is 2.53. The Kier molecular flexibility index (Phi) is 4.02. The van der Waals surface area contributed by atoms with Crippen molar-refractivity contribution in [1.29, 1.82) is 0 Å². The van der Waals surface area contributed by atoms with Gasteiger partial charge in [-0.1, -0.05) is 0 Å². The van der Waals surface area contributed by atoms with E-state index in [1.807, 2.05) is 36.4 Å². The summed E-state index contributed by atoms with van der Waals surface area (Å²) in [6.45, 7) is 2.13. The van der Waals surface area contributed by atoms with Crippen LogP contribution in [0.3, 0.4) is 0 Å². The first-order valence-corrected chi connectivity index (χ1v) is 10.5. The SMILES string of the molecule is C[C@H]1c2nn[se]c2[C@H](c2ccccc2)S(=O)[C@@H]1c1ccccc1. The molecule has 0 aliphatic carbocycles. The molecule has 1 aliphatic rings. The molecule has 2 aromatic carbocycles. The van der Waals surface area contributed by atoms with Crippen molar-refractivity contribution in [1.82, 2.24) is 9.19 Å². The molecular formula is C18H16N2OSSe. The minimum absolute atomic E-state index is 0.0264. The normalized spacial score (nSPS) is 26.7. The van der Waals surface area contributed by atoms with Crippen molar-refractivity contribution in [3.8, 4) is 0 Å². The Balaban J connectivity index is 1.88. The molecule has 0 saturated carbocycles. The topological polar surface area (TPSA) is 42.9 Å². The van der Waals surface area contributed by atoms with Gasteiger partial charge in [-0.3, -0.25) is 0 Å². The van der Waals surface area contributed by atoms with Gasteiger partial charge in [-0.15, -0.1) is 0 Å². The van der Waals surface area contributed by atoms with E-state index in [1.54, 1.807) is 0 Å². The molecule has 0 N–H and O–H groups in total. The zero-order valence-corrected chi connectivity index (χ0v) is 15.2. The van der Waals surface area contributed by atoms with Crippen molar-refractivity contribution in [3.05, 3.63) is 81.9 Å². The zero-order chi connectivity index (χ0) is 15.8. The standard InChI is InChI=1S/C18H16N2OSSe/c1-12-15-18(23-20-19-15)17(14-10-6-3-7-11-14)22(21)16(12)13-8-4-2-5-9-13/h2-12,16-17H,1H3/t12-,16-,17-,22?/m0/s1. The molecule has 0 spiro atoms. The molecule has 3 aromatic rings. The summed E-state index contributed by atoms with van der Waals surface area (Å²) >= 11 is -0.0264. The van der Waals surface area contributed by atoms with Gasteiger partial charge in [0, 0.05) is 0 Å². The van der Waals surface area contributed by atoms with Crippen LogP contribution in [0.15, 0.2) is 60.7 Å². The van der Waals surface area contributed by atoms with Crippen LogP contribution in [-0.4, -0.2) is 28.1 Å². The van der Waals surface area contributed by atoms with Crippen molar-refractivity contribution < 1.29 is 4.21 Å². The van der Waals surface area contributed by atoms with Crippen molar-refractivity contribution in [2.45, 2.75) is 23.3 Å². The molecule has 0 amide bonds. The average Bonchev–Trinajstić information content (AvgIpc) is 3.07. The monoisotopic (exact) mass is 388 g/mol. The van der Waals surface area contributed by atoms with Crippen molar-refractivity contribution in [2.24, 2.45) is 0 Å². The first kappa shape index (κ1) is 15.0. The van der Waals surface area contributed by atoms with Crippen LogP contribution >= 0.6 is 0 Å². The Morgan fingerprint density at radius 3 is 2.22 bits per heavy atom. The van der Waals surface area contributed by atoms with Crippen LogP contribution < -0.4 is 0 Å². The molecule has 4 atom stereocenters. The van der Waals surface area contributed by atoms with Crippen LogP contribution in [0.2, 0.25) is 0 Å². The van der Waals surface area contributed by atoms with Gasteiger partial charge in [0.2, 0.25) is 0 Å². The quantitative estimate of drug-likeness (QED) is 0.634. The minimum atomic E-state index is -1.02. The molecule has 1 unspecified atom stereocenters. The summed E-state index contributed by atoms with van der Waals surface area (Å²) in [5.74, 6) is 0.140. The number of benzene rings is 2. The van der Waals surface area contributed by atoms with Gasteiger partial charge in [0.05, 0.1) is 0 Å². The Labute approximate surface area is 144 Å². The van der Waals surface area contributed by atoms with E-state index in [4.69, 9.17) is 0 Å². The zero-order valence-electron chi connectivity index (χ0n) is 12.6. The van der Waals surface area contributed by atoms with Crippen LogP contribution in [0.25, 0.3) is 0 Å². The number of hydrogen-bond donors (Lipinski definition) is 0. The van der Waals surface area contributed by atoms with Gasteiger partial charge in [0.25, 0.3) is 0 Å². The summed E-state index contributed by atoms with van der Waals surface area (Å²) in [6.07, 6.45) is 0. The van der Waals surface area contributed by atoms with Crippen LogP contribution in [0, 0.1) is 0 Å². The van der Waals surface area contributed by atoms with Gasteiger partial charge in [0.15, 0.2) is 0 Å². The number of nitrogens with zero attached hydrogens (tertiary/aromatic N) is 2. The summed E-state index contributed by atoms with van der Waals surface area (Å²) in [5, 5.41) is 4.31. The van der Waals surface area contributed by atoms with Crippen LogP contribution in [0.5, 0.6) is 0 Å². The fourth-order valence-corrected chi connectivity index (χ4v) is 7.72. The first-order chi connectivity index (χ1) is 11.3. The number of aromatic nitrogens is 2. The van der Waals surface area contributed by atoms with E-state index in [-0.39, 0.29) is 31.2 Å². The second kappa shape index (κ2) is 6.16. The molecule has 5 heteroatoms. The fraction of sp³-hybridized carbons (Fsp3) is 0.222. The van der Waals surface area contributed by atoms with Gasteiger partial charge in [-0.05, 0) is 0 Å². The molecule has 1 aliphatic heterocycles. The van der Waals surface area contributed by atoms with Crippen LogP contribution in [0.4, 0.5) is 0 Å². The molecule has 3 nitrogen and oxygen atoms in total. The Hall–Kier alpha value is -1.55. The van der Waals surface area contributed by atoms with Crippen LogP contribution in [-0.2, 0) is 10.8 Å². The Morgan fingerprint density at radius 2 is 1.57 bits per heavy atom. The molecule has 0 radical (unpaired) electrons. The maximum atomic E-state index is 13.5. The van der Waals surface area contributed by atoms with E-state index in [0.717, 1.165) is 16.8 Å². The molecule has 0 fully saturated rings. The van der Waals surface area contributed by atoms with Gasteiger partial charge < -0.3 is 0 Å². The van der Waals surface area contributed by atoms with Crippen molar-refractivity contribution in [2.75, 3.05) is 0 Å². The summed E-state index contributed by atoms with van der Waals surface area (Å²) in [6, 6.07) is 20.3. The van der Waals surface area contributed by atoms with Gasteiger partial charge >= 0.3 is 144 Å². The van der Waals surface area contributed by atoms with E-state index in [9.17, 15) is 4.21 Å². The van der Waals surface area contributed by atoms with Gasteiger partial charge in [0.1, 0.15) is 0 Å². The molecule has 0 bridgehead atoms. The summed E-state index contributed by atoms with van der Waals surface area (Å²) < 4.78 is 19.0. The predicted octanol–water partition coefficient (Wildman–Crippen LogP) is 3.23. The number of hydrogen-bond acceptors (Lipinski definition) is 3. The number of fused-ring (bicyclic) bond motifs is 1. The van der Waals surface area contributed by atoms with Crippen molar-refractivity contribution in [3.63, 3.8) is 0 Å². The van der Waals surface area contributed by atoms with Gasteiger partial charge in [-0.25, -0.2) is 0 Å². The molecule has 116 valence electrons. The van der Waals surface area contributed by atoms with E-state index < -0.39 is 10.8 Å². The Morgan fingerprint density at radius 1 is 0.957 bits per heavy atom. The summed E-state index contributed by atoms with van der Waals surface area (Å²) in [4.78, 5) is 0. The van der Waals surface area contributed by atoms with E-state index in [2.05, 4.69) is 40.4 Å². The van der Waals surface area contributed by atoms with Crippen LogP contribution in [0.1, 0.15) is 44.6 Å². The first-order valence-electron chi connectivity index (χ1n) is 7.59. The second-order valence-corrected chi connectivity index (χ2v) is 9.05. The third-order valence-electron chi connectivity index (χ3n) is 4.38. The van der Waals surface area contributed by atoms with E-state index in [1.165, 1.54) is 4.44 Å². The predicted molar refractivity (Wildman–Crippen MR) is 93.0 cm³/mol. The van der Waals surface area contributed by atoms with Crippen molar-refractivity contribution >= 4 is 25.5 Å². The molecule has 1 aromatic heterocycles. The van der Waals surface area contributed by atoms with E-state index >= 15 is 0 Å².